The minimum atomic E-state index is 0. The number of aryl methyl sites for hydroxylation is 1. The molecule has 2 aromatic rings. The number of pyridine rings is 1. The van der Waals surface area contributed by atoms with Gasteiger partial charge >= 0.3 is 0 Å². The van der Waals surface area contributed by atoms with Gasteiger partial charge in [-0.05, 0) is 56.6 Å². The SMILES string of the molecule is Cc1ccc2ncccc2c1NC1CCNCC1.Cl. The molecule has 0 saturated carbocycles. The average Bonchev–Trinajstić information content (AvgIpc) is 2.43. The van der Waals surface area contributed by atoms with Crippen LogP contribution in [0.5, 0.6) is 0 Å². The van der Waals surface area contributed by atoms with E-state index < -0.39 is 0 Å². The van der Waals surface area contributed by atoms with Crippen molar-refractivity contribution in [2.24, 2.45) is 0 Å². The fraction of sp³-hybridized carbons (Fsp3) is 0.400. The molecule has 4 heteroatoms. The maximum Gasteiger partial charge on any atom is 0.0722 e. The molecule has 1 saturated heterocycles. The smallest absolute Gasteiger partial charge is 0.0722 e. The van der Waals surface area contributed by atoms with Crippen LogP contribution in [0.1, 0.15) is 18.4 Å². The van der Waals surface area contributed by atoms with Crippen LogP contribution in [0.4, 0.5) is 5.69 Å². The number of piperidine rings is 1. The number of halogens is 1. The van der Waals surface area contributed by atoms with Gasteiger partial charge in [0, 0.05) is 23.3 Å². The van der Waals surface area contributed by atoms with E-state index in [1.807, 2.05) is 12.3 Å². The second-order valence-corrected chi connectivity index (χ2v) is 5.00. The summed E-state index contributed by atoms with van der Waals surface area (Å²) in [6, 6.07) is 8.99. The van der Waals surface area contributed by atoms with Crippen molar-refractivity contribution < 1.29 is 0 Å². The van der Waals surface area contributed by atoms with Gasteiger partial charge in [0.2, 0.25) is 0 Å². The van der Waals surface area contributed by atoms with E-state index >= 15 is 0 Å². The lowest BCUT2D eigenvalue weighted by atomic mass is 10.0. The first kappa shape index (κ1) is 14.1. The Balaban J connectivity index is 0.00000133. The van der Waals surface area contributed by atoms with Crippen LogP contribution in [0.3, 0.4) is 0 Å². The zero-order chi connectivity index (χ0) is 12.4. The molecule has 0 aliphatic carbocycles. The van der Waals surface area contributed by atoms with Crippen molar-refractivity contribution in [3.8, 4) is 0 Å². The second kappa shape index (κ2) is 6.22. The standard InChI is InChI=1S/C15H19N3.ClH/c1-11-4-5-14-13(3-2-8-17-14)15(11)18-12-6-9-16-10-7-12;/h2-5,8,12,16,18H,6-7,9-10H2,1H3;1H. The number of rotatable bonds is 2. The monoisotopic (exact) mass is 277 g/mol. The maximum atomic E-state index is 4.42. The first-order valence-corrected chi connectivity index (χ1v) is 6.66. The largest absolute Gasteiger partial charge is 0.381 e. The quantitative estimate of drug-likeness (QED) is 0.886. The van der Waals surface area contributed by atoms with Crippen molar-refractivity contribution in [3.05, 3.63) is 36.0 Å². The Kier molecular flexibility index (Phi) is 4.61. The molecular formula is C15H20ClN3. The number of anilines is 1. The second-order valence-electron chi connectivity index (χ2n) is 5.00. The van der Waals surface area contributed by atoms with Crippen LogP contribution in [-0.4, -0.2) is 24.1 Å². The summed E-state index contributed by atoms with van der Waals surface area (Å²) in [6.45, 7) is 4.38. The molecule has 0 amide bonds. The summed E-state index contributed by atoms with van der Waals surface area (Å²) >= 11 is 0. The summed E-state index contributed by atoms with van der Waals surface area (Å²) in [6.07, 6.45) is 4.23. The zero-order valence-corrected chi connectivity index (χ0v) is 12.0. The lowest BCUT2D eigenvalue weighted by Crippen LogP contribution is -2.35. The Labute approximate surface area is 120 Å². The molecule has 2 heterocycles. The highest BCUT2D eigenvalue weighted by atomic mass is 35.5. The van der Waals surface area contributed by atoms with E-state index in [0.717, 1.165) is 18.6 Å². The van der Waals surface area contributed by atoms with E-state index in [1.54, 1.807) is 0 Å². The summed E-state index contributed by atoms with van der Waals surface area (Å²) in [7, 11) is 0. The summed E-state index contributed by atoms with van der Waals surface area (Å²) < 4.78 is 0. The summed E-state index contributed by atoms with van der Waals surface area (Å²) in [5.74, 6) is 0. The highest BCUT2D eigenvalue weighted by Gasteiger charge is 2.14. The van der Waals surface area contributed by atoms with Crippen LogP contribution in [0.15, 0.2) is 30.5 Å². The van der Waals surface area contributed by atoms with E-state index in [0.29, 0.717) is 6.04 Å². The molecule has 0 spiro atoms. The predicted molar refractivity (Wildman–Crippen MR) is 83.2 cm³/mol. The molecule has 1 aliphatic rings. The minimum Gasteiger partial charge on any atom is -0.381 e. The van der Waals surface area contributed by atoms with E-state index in [2.05, 4.69) is 40.7 Å². The van der Waals surface area contributed by atoms with Crippen molar-refractivity contribution in [1.82, 2.24) is 10.3 Å². The number of aromatic nitrogens is 1. The summed E-state index contributed by atoms with van der Waals surface area (Å²) in [5, 5.41) is 8.34. The van der Waals surface area contributed by atoms with E-state index in [-0.39, 0.29) is 12.4 Å². The third-order valence-corrected chi connectivity index (χ3v) is 3.68. The predicted octanol–water partition coefficient (Wildman–Crippen LogP) is 3.13. The van der Waals surface area contributed by atoms with Crippen LogP contribution >= 0.6 is 12.4 Å². The Bertz CT molecular complexity index is 550. The normalized spacial score (nSPS) is 16.1. The molecular weight excluding hydrogens is 258 g/mol. The van der Waals surface area contributed by atoms with Gasteiger partial charge in [0.25, 0.3) is 0 Å². The van der Waals surface area contributed by atoms with Gasteiger partial charge in [0.1, 0.15) is 0 Å². The first-order valence-electron chi connectivity index (χ1n) is 6.66. The molecule has 1 aromatic carbocycles. The summed E-state index contributed by atoms with van der Waals surface area (Å²) in [4.78, 5) is 4.42. The number of hydrogen-bond acceptors (Lipinski definition) is 3. The van der Waals surface area contributed by atoms with Gasteiger partial charge < -0.3 is 10.6 Å². The molecule has 0 atom stereocenters. The van der Waals surface area contributed by atoms with Crippen LogP contribution < -0.4 is 10.6 Å². The number of benzene rings is 1. The molecule has 1 aliphatic heterocycles. The van der Waals surface area contributed by atoms with Crippen molar-refractivity contribution in [2.45, 2.75) is 25.8 Å². The third-order valence-electron chi connectivity index (χ3n) is 3.68. The van der Waals surface area contributed by atoms with Gasteiger partial charge in [-0.25, -0.2) is 0 Å². The zero-order valence-electron chi connectivity index (χ0n) is 11.1. The van der Waals surface area contributed by atoms with Crippen molar-refractivity contribution in [1.29, 1.82) is 0 Å². The molecule has 3 rings (SSSR count). The Morgan fingerprint density at radius 2 is 2.00 bits per heavy atom. The average molecular weight is 278 g/mol. The number of fused-ring (bicyclic) bond motifs is 1. The van der Waals surface area contributed by atoms with Gasteiger partial charge in [0.15, 0.2) is 0 Å². The fourth-order valence-corrected chi connectivity index (χ4v) is 2.62. The molecule has 0 radical (unpaired) electrons. The van der Waals surface area contributed by atoms with Crippen LogP contribution in [0.25, 0.3) is 10.9 Å². The Hall–Kier alpha value is -1.32. The van der Waals surface area contributed by atoms with Gasteiger partial charge in [-0.2, -0.15) is 0 Å². The lowest BCUT2D eigenvalue weighted by Gasteiger charge is -2.26. The molecule has 0 bridgehead atoms. The molecule has 0 unspecified atom stereocenters. The van der Waals surface area contributed by atoms with Gasteiger partial charge in [-0.1, -0.05) is 6.07 Å². The van der Waals surface area contributed by atoms with E-state index in [9.17, 15) is 0 Å². The maximum absolute atomic E-state index is 4.42. The highest BCUT2D eigenvalue weighted by molar-refractivity contribution is 5.93. The lowest BCUT2D eigenvalue weighted by molar-refractivity contribution is 0.479. The Morgan fingerprint density at radius 3 is 2.79 bits per heavy atom. The van der Waals surface area contributed by atoms with Gasteiger partial charge in [0.05, 0.1) is 5.52 Å². The van der Waals surface area contributed by atoms with Crippen LogP contribution in [0.2, 0.25) is 0 Å². The summed E-state index contributed by atoms with van der Waals surface area (Å²) in [5.41, 5.74) is 3.63. The molecule has 1 fully saturated rings. The molecule has 2 N–H and O–H groups in total. The van der Waals surface area contributed by atoms with Gasteiger partial charge in [-0.3, -0.25) is 4.98 Å². The van der Waals surface area contributed by atoms with Crippen molar-refractivity contribution in [2.75, 3.05) is 18.4 Å². The molecule has 19 heavy (non-hydrogen) atoms. The number of nitrogens with one attached hydrogen (secondary N) is 2. The number of hydrogen-bond donors (Lipinski definition) is 2. The fourth-order valence-electron chi connectivity index (χ4n) is 2.62. The highest BCUT2D eigenvalue weighted by Crippen LogP contribution is 2.27. The van der Waals surface area contributed by atoms with Crippen molar-refractivity contribution in [3.63, 3.8) is 0 Å². The number of nitrogens with zero attached hydrogens (tertiary/aromatic N) is 1. The minimum absolute atomic E-state index is 0. The van der Waals surface area contributed by atoms with Crippen LogP contribution in [-0.2, 0) is 0 Å². The first-order chi connectivity index (χ1) is 8.84. The molecule has 102 valence electrons. The van der Waals surface area contributed by atoms with Crippen LogP contribution in [0, 0.1) is 6.92 Å². The van der Waals surface area contributed by atoms with E-state index in [1.165, 1.54) is 29.5 Å². The topological polar surface area (TPSA) is 37.0 Å². The molecule has 3 nitrogen and oxygen atoms in total. The Morgan fingerprint density at radius 1 is 1.21 bits per heavy atom. The van der Waals surface area contributed by atoms with E-state index in [4.69, 9.17) is 0 Å². The van der Waals surface area contributed by atoms with Gasteiger partial charge in [-0.15, -0.1) is 12.4 Å². The molecule has 1 aromatic heterocycles. The third kappa shape index (κ3) is 2.99. The van der Waals surface area contributed by atoms with Crippen molar-refractivity contribution >= 4 is 29.0 Å².